The molecule has 0 unspecified atom stereocenters. The van der Waals surface area contributed by atoms with Crippen molar-refractivity contribution in [2.24, 2.45) is 0 Å². The summed E-state index contributed by atoms with van der Waals surface area (Å²) in [5.74, 6) is 0. The molecular formula is C8H15N. The van der Waals surface area contributed by atoms with Crippen LogP contribution in [0.3, 0.4) is 0 Å². The van der Waals surface area contributed by atoms with E-state index in [2.05, 4.69) is 25.2 Å². The quantitative estimate of drug-likeness (QED) is 0.557. The molecule has 0 aliphatic rings. The fraction of sp³-hybridized carbons (Fsp3) is 0.500. The van der Waals surface area contributed by atoms with Crippen LogP contribution in [0.2, 0.25) is 0 Å². The Labute approximate surface area is 57.5 Å². The Balaban J connectivity index is 4.16. The van der Waals surface area contributed by atoms with Crippen LogP contribution in [0.5, 0.6) is 0 Å². The van der Waals surface area contributed by atoms with E-state index in [9.17, 15) is 0 Å². The number of rotatable bonds is 2. The van der Waals surface area contributed by atoms with Gasteiger partial charge in [0.1, 0.15) is 0 Å². The zero-order chi connectivity index (χ0) is 7.28. The lowest BCUT2D eigenvalue weighted by Gasteiger charge is -2.01. The third kappa shape index (κ3) is 2.96. The van der Waals surface area contributed by atoms with Gasteiger partial charge in [-0.2, -0.15) is 0 Å². The van der Waals surface area contributed by atoms with Gasteiger partial charge in [-0.05, 0) is 26.8 Å². The summed E-state index contributed by atoms with van der Waals surface area (Å²) in [7, 11) is 1.93. The topological polar surface area (TPSA) is 12.0 Å². The van der Waals surface area contributed by atoms with Crippen molar-refractivity contribution in [2.75, 3.05) is 7.05 Å². The first-order valence-corrected chi connectivity index (χ1v) is 3.20. The van der Waals surface area contributed by atoms with Crippen molar-refractivity contribution in [2.45, 2.75) is 20.8 Å². The normalized spacial score (nSPS) is 9.78. The number of likely N-dealkylation sites (N-methyl/N-ethyl adjacent to an activating group) is 1. The highest BCUT2D eigenvalue weighted by molar-refractivity contribution is 5.20. The molecule has 0 aromatic rings. The van der Waals surface area contributed by atoms with Gasteiger partial charge in [-0.1, -0.05) is 11.6 Å². The molecule has 0 aromatic heterocycles. The first kappa shape index (κ1) is 8.28. The summed E-state index contributed by atoms with van der Waals surface area (Å²) in [6, 6.07) is 0. The zero-order valence-electron chi connectivity index (χ0n) is 6.65. The van der Waals surface area contributed by atoms with Gasteiger partial charge in [-0.3, -0.25) is 0 Å². The number of allylic oxidation sites excluding steroid dienone is 3. The van der Waals surface area contributed by atoms with Crippen LogP contribution in [-0.4, -0.2) is 7.05 Å². The Morgan fingerprint density at radius 2 is 1.89 bits per heavy atom. The smallest absolute Gasteiger partial charge is 0.0320 e. The molecular weight excluding hydrogens is 110 g/mol. The van der Waals surface area contributed by atoms with Gasteiger partial charge in [-0.15, -0.1) is 0 Å². The van der Waals surface area contributed by atoms with Crippen molar-refractivity contribution in [1.29, 1.82) is 0 Å². The maximum Gasteiger partial charge on any atom is 0.0320 e. The standard InChI is InChI=1S/C8H15N/c1-5-6-8(9-4)7(2)3/h5-6,9H,1-4H3/b6-5-. The predicted molar refractivity (Wildman–Crippen MR) is 42.2 cm³/mol. The monoisotopic (exact) mass is 125 g/mol. The second-order valence-electron chi connectivity index (χ2n) is 2.16. The van der Waals surface area contributed by atoms with Gasteiger partial charge in [0.15, 0.2) is 0 Å². The average molecular weight is 125 g/mol. The van der Waals surface area contributed by atoms with Crippen molar-refractivity contribution in [3.8, 4) is 0 Å². The van der Waals surface area contributed by atoms with Crippen LogP contribution in [0.4, 0.5) is 0 Å². The van der Waals surface area contributed by atoms with Crippen molar-refractivity contribution in [3.05, 3.63) is 23.4 Å². The maximum atomic E-state index is 3.10. The van der Waals surface area contributed by atoms with Crippen LogP contribution in [0.15, 0.2) is 23.4 Å². The second-order valence-corrected chi connectivity index (χ2v) is 2.16. The minimum atomic E-state index is 1.21. The SMILES string of the molecule is C/C=C\C(NC)=C(C)C. The molecule has 0 fully saturated rings. The number of hydrogen-bond acceptors (Lipinski definition) is 1. The largest absolute Gasteiger partial charge is 0.388 e. The van der Waals surface area contributed by atoms with Gasteiger partial charge in [0.2, 0.25) is 0 Å². The zero-order valence-corrected chi connectivity index (χ0v) is 6.65. The highest BCUT2D eigenvalue weighted by atomic mass is 14.8. The summed E-state index contributed by atoms with van der Waals surface area (Å²) >= 11 is 0. The summed E-state index contributed by atoms with van der Waals surface area (Å²) in [4.78, 5) is 0. The highest BCUT2D eigenvalue weighted by Gasteiger charge is 1.86. The van der Waals surface area contributed by atoms with E-state index in [1.807, 2.05) is 20.0 Å². The summed E-state index contributed by atoms with van der Waals surface area (Å²) in [6.45, 7) is 6.19. The molecule has 9 heavy (non-hydrogen) atoms. The van der Waals surface area contributed by atoms with Gasteiger partial charge in [0.05, 0.1) is 0 Å². The highest BCUT2D eigenvalue weighted by Crippen LogP contribution is 1.98. The van der Waals surface area contributed by atoms with Crippen molar-refractivity contribution in [3.63, 3.8) is 0 Å². The van der Waals surface area contributed by atoms with E-state index in [-0.39, 0.29) is 0 Å². The molecule has 0 saturated heterocycles. The Hall–Kier alpha value is -0.720. The van der Waals surface area contributed by atoms with Crippen LogP contribution in [0.25, 0.3) is 0 Å². The van der Waals surface area contributed by atoms with Gasteiger partial charge >= 0.3 is 0 Å². The molecule has 0 amide bonds. The fourth-order valence-corrected chi connectivity index (χ4v) is 0.667. The van der Waals surface area contributed by atoms with Gasteiger partial charge in [-0.25, -0.2) is 0 Å². The summed E-state index contributed by atoms with van der Waals surface area (Å²) < 4.78 is 0. The number of hydrogen-bond donors (Lipinski definition) is 1. The fourth-order valence-electron chi connectivity index (χ4n) is 0.667. The molecule has 0 aromatic carbocycles. The molecule has 0 heterocycles. The van der Waals surface area contributed by atoms with E-state index < -0.39 is 0 Å². The van der Waals surface area contributed by atoms with E-state index in [1.165, 1.54) is 11.3 Å². The molecule has 0 bridgehead atoms. The van der Waals surface area contributed by atoms with Gasteiger partial charge in [0.25, 0.3) is 0 Å². The molecule has 0 rings (SSSR count). The minimum Gasteiger partial charge on any atom is -0.388 e. The van der Waals surface area contributed by atoms with Crippen LogP contribution in [0, 0.1) is 0 Å². The molecule has 1 heteroatoms. The van der Waals surface area contributed by atoms with Crippen molar-refractivity contribution >= 4 is 0 Å². The van der Waals surface area contributed by atoms with Crippen molar-refractivity contribution < 1.29 is 0 Å². The maximum absolute atomic E-state index is 3.10. The van der Waals surface area contributed by atoms with Crippen LogP contribution >= 0.6 is 0 Å². The van der Waals surface area contributed by atoms with Crippen LogP contribution < -0.4 is 5.32 Å². The Kier molecular flexibility index (Phi) is 3.85. The van der Waals surface area contributed by atoms with E-state index in [0.717, 1.165) is 0 Å². The van der Waals surface area contributed by atoms with Crippen LogP contribution in [0.1, 0.15) is 20.8 Å². The summed E-state index contributed by atoms with van der Waals surface area (Å²) in [5.41, 5.74) is 2.52. The molecule has 0 atom stereocenters. The first-order chi connectivity index (χ1) is 4.22. The van der Waals surface area contributed by atoms with Crippen LogP contribution in [-0.2, 0) is 0 Å². The Bertz CT molecular complexity index is 128. The summed E-state index contributed by atoms with van der Waals surface area (Å²) in [6.07, 6.45) is 4.09. The lowest BCUT2D eigenvalue weighted by molar-refractivity contribution is 0.998. The molecule has 1 N–H and O–H groups in total. The molecule has 0 aliphatic heterocycles. The van der Waals surface area contributed by atoms with Gasteiger partial charge < -0.3 is 5.32 Å². The average Bonchev–Trinajstić information content (AvgIpc) is 1.82. The lowest BCUT2D eigenvalue weighted by Crippen LogP contribution is -2.04. The minimum absolute atomic E-state index is 1.21. The first-order valence-electron chi connectivity index (χ1n) is 3.20. The number of nitrogens with one attached hydrogen (secondary N) is 1. The van der Waals surface area contributed by atoms with E-state index in [0.29, 0.717) is 0 Å². The van der Waals surface area contributed by atoms with E-state index in [4.69, 9.17) is 0 Å². The predicted octanol–water partition coefficient (Wildman–Crippen LogP) is 2.08. The van der Waals surface area contributed by atoms with Gasteiger partial charge in [0, 0.05) is 12.7 Å². The van der Waals surface area contributed by atoms with Crippen molar-refractivity contribution in [1.82, 2.24) is 5.32 Å². The third-order valence-electron chi connectivity index (χ3n) is 1.14. The Morgan fingerprint density at radius 1 is 1.33 bits per heavy atom. The molecule has 0 saturated carbocycles. The second kappa shape index (κ2) is 4.19. The molecule has 0 spiro atoms. The molecule has 1 nitrogen and oxygen atoms in total. The Morgan fingerprint density at radius 3 is 2.00 bits per heavy atom. The third-order valence-corrected chi connectivity index (χ3v) is 1.14. The summed E-state index contributed by atoms with van der Waals surface area (Å²) in [5, 5.41) is 3.10. The molecule has 0 aliphatic carbocycles. The van der Waals surface area contributed by atoms with E-state index in [1.54, 1.807) is 0 Å². The molecule has 52 valence electrons. The van der Waals surface area contributed by atoms with E-state index >= 15 is 0 Å². The lowest BCUT2D eigenvalue weighted by atomic mass is 10.2. The molecule has 0 radical (unpaired) electrons.